The summed E-state index contributed by atoms with van der Waals surface area (Å²) in [4.78, 5) is 17.1. The Morgan fingerprint density at radius 2 is 1.91 bits per heavy atom. The number of hydrogen-bond acceptors (Lipinski definition) is 10. The Kier molecular flexibility index (Phi) is 7.49. The van der Waals surface area contributed by atoms with Crippen LogP contribution in [0.25, 0.3) is 0 Å². The van der Waals surface area contributed by atoms with E-state index in [1.807, 2.05) is 6.92 Å². The lowest BCUT2D eigenvalue weighted by molar-refractivity contribution is -0.449. The molecule has 190 valence electrons. The minimum Gasteiger partial charge on any atom is -0.390 e. The number of fused-ring (bicyclic) bond motifs is 2. The number of likely N-dealkylation sites (N-methyl/N-ethyl adjacent to an activating group) is 2. The third kappa shape index (κ3) is 4.57. The van der Waals surface area contributed by atoms with Crippen LogP contribution in [0, 0.1) is 6.92 Å². The molecule has 0 radical (unpaired) electrons. The van der Waals surface area contributed by atoms with E-state index in [-0.39, 0.29) is 24.9 Å². The fourth-order valence-corrected chi connectivity index (χ4v) is 5.24. The minimum absolute atomic E-state index is 0.0419. The molecule has 3 aliphatic rings. The SMILES string of the molecule is CN[C@@H]1[C@H](O)[C@H](NC)[C@H]2O[C@]3(O)[C@H](O[C@@H]2[C@H]1O)O[C@H](C)C[C@H]3NC(=O)Cc1cc(Cl)c(C)cn1. The average molecular weight is 501 g/mol. The third-order valence-corrected chi connectivity index (χ3v) is 7.33. The van der Waals surface area contributed by atoms with Gasteiger partial charge >= 0.3 is 0 Å². The number of carbonyl (C=O) groups is 1. The van der Waals surface area contributed by atoms with Gasteiger partial charge in [0.15, 0.2) is 0 Å². The van der Waals surface area contributed by atoms with Crippen molar-refractivity contribution in [1.29, 1.82) is 0 Å². The first kappa shape index (κ1) is 25.7. The molecule has 0 bridgehead atoms. The normalized spacial score (nSPS) is 41.9. The van der Waals surface area contributed by atoms with Crippen molar-refractivity contribution in [3.63, 3.8) is 0 Å². The van der Waals surface area contributed by atoms with Gasteiger partial charge < -0.3 is 45.5 Å². The second-order valence-corrected chi connectivity index (χ2v) is 9.69. The number of rotatable bonds is 5. The quantitative estimate of drug-likeness (QED) is 0.284. The highest BCUT2D eigenvalue weighted by Gasteiger charge is 2.63. The van der Waals surface area contributed by atoms with E-state index in [9.17, 15) is 20.1 Å². The molecule has 2 saturated heterocycles. The molecular weight excluding hydrogens is 468 g/mol. The molecule has 1 aromatic heterocycles. The molecule has 1 saturated carbocycles. The molecule has 10 atom stereocenters. The van der Waals surface area contributed by atoms with Crippen molar-refractivity contribution in [2.24, 2.45) is 0 Å². The predicted octanol–water partition coefficient (Wildman–Crippen LogP) is -1.41. The topological polar surface area (TPSA) is 154 Å². The molecule has 12 heteroatoms. The lowest BCUT2D eigenvalue weighted by atomic mass is 9.79. The molecule has 0 unspecified atom stereocenters. The minimum atomic E-state index is -2.04. The van der Waals surface area contributed by atoms with E-state index in [0.717, 1.165) is 5.56 Å². The van der Waals surface area contributed by atoms with E-state index >= 15 is 0 Å². The highest BCUT2D eigenvalue weighted by molar-refractivity contribution is 6.31. The molecule has 4 rings (SSSR count). The Morgan fingerprint density at radius 3 is 2.56 bits per heavy atom. The molecule has 1 aromatic rings. The molecule has 3 fully saturated rings. The number of aryl methyl sites for hydroxylation is 1. The zero-order chi connectivity index (χ0) is 24.8. The van der Waals surface area contributed by atoms with Crippen molar-refractivity contribution in [1.82, 2.24) is 20.9 Å². The number of aliphatic hydroxyl groups excluding tert-OH is 2. The first-order valence-electron chi connectivity index (χ1n) is 11.4. The van der Waals surface area contributed by atoms with Crippen LogP contribution in [0.5, 0.6) is 0 Å². The zero-order valence-electron chi connectivity index (χ0n) is 19.6. The summed E-state index contributed by atoms with van der Waals surface area (Å²) >= 11 is 6.14. The maximum absolute atomic E-state index is 12.8. The molecule has 2 aliphatic heterocycles. The number of nitrogens with zero attached hydrogens (tertiary/aromatic N) is 1. The van der Waals surface area contributed by atoms with Gasteiger partial charge in [0.1, 0.15) is 18.3 Å². The predicted molar refractivity (Wildman–Crippen MR) is 121 cm³/mol. The van der Waals surface area contributed by atoms with Crippen LogP contribution in [0.3, 0.4) is 0 Å². The lowest BCUT2D eigenvalue weighted by Gasteiger charge is -2.58. The molecule has 34 heavy (non-hydrogen) atoms. The molecule has 6 N–H and O–H groups in total. The summed E-state index contributed by atoms with van der Waals surface area (Å²) in [5.74, 6) is -2.42. The summed E-state index contributed by atoms with van der Waals surface area (Å²) in [6.45, 7) is 3.62. The molecule has 0 spiro atoms. The van der Waals surface area contributed by atoms with Crippen molar-refractivity contribution in [3.05, 3.63) is 28.5 Å². The molecule has 3 heterocycles. The maximum atomic E-state index is 12.8. The summed E-state index contributed by atoms with van der Waals surface area (Å²) in [6, 6.07) is -0.583. The van der Waals surface area contributed by atoms with Crippen LogP contribution in [0.4, 0.5) is 0 Å². The van der Waals surface area contributed by atoms with Crippen LogP contribution in [0.1, 0.15) is 24.6 Å². The second-order valence-electron chi connectivity index (χ2n) is 9.28. The van der Waals surface area contributed by atoms with Gasteiger partial charge in [0, 0.05) is 11.2 Å². The standard InChI is InChI=1S/C22H33ClN4O7/c1-9-8-26-11(6-12(9)23)7-14(28)27-13-5-10(2)32-21-22(13,31)34-19-16(25-4)17(29)15(24-3)18(30)20(19)33-21/h6,8,10,13,15-21,24-25,29-31H,5,7H2,1-4H3,(H,27,28)/t10-,13-,15-,16+,17+,18+,19-,20-,21+,22+/m1/s1. The fraction of sp³-hybridized carbons (Fsp3) is 0.727. The van der Waals surface area contributed by atoms with E-state index < -0.39 is 54.6 Å². The van der Waals surface area contributed by atoms with Crippen molar-refractivity contribution in [2.45, 2.75) is 87.4 Å². The van der Waals surface area contributed by atoms with E-state index in [2.05, 4.69) is 20.9 Å². The van der Waals surface area contributed by atoms with Crippen LogP contribution >= 0.6 is 11.6 Å². The van der Waals surface area contributed by atoms with Crippen LogP contribution in [-0.4, -0.2) is 101 Å². The monoisotopic (exact) mass is 500 g/mol. The second kappa shape index (κ2) is 9.92. The Hall–Kier alpha value is -1.41. The summed E-state index contributed by atoms with van der Waals surface area (Å²) in [5, 5.41) is 42.4. The van der Waals surface area contributed by atoms with E-state index in [0.29, 0.717) is 10.7 Å². The maximum Gasteiger partial charge on any atom is 0.239 e. The Morgan fingerprint density at radius 1 is 1.21 bits per heavy atom. The Balaban J connectivity index is 1.55. The Labute approximate surface area is 203 Å². The lowest BCUT2D eigenvalue weighted by Crippen LogP contribution is -2.79. The average Bonchev–Trinajstić information content (AvgIpc) is 2.77. The number of nitrogens with one attached hydrogen (secondary N) is 3. The van der Waals surface area contributed by atoms with Crippen LogP contribution in [-0.2, 0) is 25.4 Å². The molecule has 0 aromatic carbocycles. The van der Waals surface area contributed by atoms with Gasteiger partial charge in [-0.2, -0.15) is 0 Å². The number of aromatic nitrogens is 1. The number of amides is 1. The number of aliphatic hydroxyl groups is 3. The van der Waals surface area contributed by atoms with E-state index in [1.165, 1.54) is 0 Å². The van der Waals surface area contributed by atoms with Gasteiger partial charge in [-0.25, -0.2) is 0 Å². The highest BCUT2D eigenvalue weighted by atomic mass is 35.5. The van der Waals surface area contributed by atoms with Crippen LogP contribution in [0.15, 0.2) is 12.3 Å². The Bertz CT molecular complexity index is 910. The number of ether oxygens (including phenoxy) is 3. The van der Waals surface area contributed by atoms with Gasteiger partial charge in [0.2, 0.25) is 18.0 Å². The third-order valence-electron chi connectivity index (χ3n) is 6.92. The van der Waals surface area contributed by atoms with Gasteiger partial charge in [-0.05, 0) is 46.0 Å². The van der Waals surface area contributed by atoms with Crippen molar-refractivity contribution in [3.8, 4) is 0 Å². The van der Waals surface area contributed by atoms with Gasteiger partial charge in [0.05, 0.1) is 42.4 Å². The largest absolute Gasteiger partial charge is 0.390 e. The van der Waals surface area contributed by atoms with Gasteiger partial charge in [-0.1, -0.05) is 11.6 Å². The number of carbonyl (C=O) groups excluding carboxylic acids is 1. The number of hydrogen-bond donors (Lipinski definition) is 6. The van der Waals surface area contributed by atoms with Crippen LogP contribution in [0.2, 0.25) is 5.02 Å². The summed E-state index contributed by atoms with van der Waals surface area (Å²) in [6.07, 6.45) is -3.74. The van der Waals surface area contributed by atoms with Crippen molar-refractivity contribution >= 4 is 17.5 Å². The first-order chi connectivity index (χ1) is 16.1. The summed E-state index contributed by atoms with van der Waals surface area (Å²) < 4.78 is 18.0. The van der Waals surface area contributed by atoms with Gasteiger partial charge in [-0.15, -0.1) is 0 Å². The van der Waals surface area contributed by atoms with E-state index in [4.69, 9.17) is 25.8 Å². The zero-order valence-corrected chi connectivity index (χ0v) is 20.3. The molecule has 1 aliphatic carbocycles. The van der Waals surface area contributed by atoms with Gasteiger partial charge in [-0.3, -0.25) is 9.78 Å². The van der Waals surface area contributed by atoms with Crippen molar-refractivity contribution in [2.75, 3.05) is 14.1 Å². The molecular formula is C22H33ClN4O7. The van der Waals surface area contributed by atoms with E-state index in [1.54, 1.807) is 33.3 Å². The summed E-state index contributed by atoms with van der Waals surface area (Å²) in [5.41, 5.74) is 1.30. The highest BCUT2D eigenvalue weighted by Crippen LogP contribution is 2.42. The van der Waals surface area contributed by atoms with Crippen molar-refractivity contribution < 1.29 is 34.3 Å². The molecule has 1 amide bonds. The van der Waals surface area contributed by atoms with Crippen LogP contribution < -0.4 is 16.0 Å². The fourth-order valence-electron chi connectivity index (χ4n) is 5.06. The number of pyridine rings is 1. The molecule has 11 nitrogen and oxygen atoms in total. The smallest absolute Gasteiger partial charge is 0.239 e. The first-order valence-corrected chi connectivity index (χ1v) is 11.8. The summed E-state index contributed by atoms with van der Waals surface area (Å²) in [7, 11) is 3.28. The van der Waals surface area contributed by atoms with Gasteiger partial charge in [0.25, 0.3) is 0 Å². The number of halogens is 1.